The minimum absolute atomic E-state index is 0.368. The number of fused-ring (bicyclic) bond motifs is 1. The van der Waals surface area contributed by atoms with Crippen LogP contribution in [0.5, 0.6) is 0 Å². The van der Waals surface area contributed by atoms with E-state index in [1.807, 2.05) is 42.5 Å². The molecule has 0 aliphatic carbocycles. The molecule has 3 rings (SSSR count). The largest absolute Gasteiger partial charge is 0.339 e. The highest BCUT2D eigenvalue weighted by Crippen LogP contribution is 2.18. The van der Waals surface area contributed by atoms with Gasteiger partial charge in [0.2, 0.25) is 11.7 Å². The van der Waals surface area contributed by atoms with Gasteiger partial charge in [0.25, 0.3) is 0 Å². The second-order valence-electron chi connectivity index (χ2n) is 4.06. The molecular weight excluding hydrogens is 240 g/mol. The van der Waals surface area contributed by atoms with Gasteiger partial charge < -0.3 is 4.52 Å². The van der Waals surface area contributed by atoms with Crippen molar-refractivity contribution in [3.8, 4) is 17.6 Å². The third-order valence-corrected chi connectivity index (χ3v) is 2.75. The zero-order valence-electron chi connectivity index (χ0n) is 10.1. The van der Waals surface area contributed by atoms with E-state index in [1.54, 1.807) is 0 Å². The molecule has 5 heteroatoms. The lowest BCUT2D eigenvalue weighted by Crippen LogP contribution is -1.88. The molecule has 5 nitrogen and oxygen atoms in total. The Kier molecular flexibility index (Phi) is 2.91. The van der Waals surface area contributed by atoms with Gasteiger partial charge in [-0.1, -0.05) is 29.4 Å². The highest BCUT2D eigenvalue weighted by atomic mass is 16.5. The molecule has 3 aromatic rings. The Bertz CT molecular complexity index is 757. The maximum absolute atomic E-state index is 8.52. The van der Waals surface area contributed by atoms with Gasteiger partial charge in [0.15, 0.2) is 0 Å². The molecule has 0 unspecified atom stereocenters. The van der Waals surface area contributed by atoms with Crippen molar-refractivity contribution in [1.82, 2.24) is 15.1 Å². The van der Waals surface area contributed by atoms with Crippen molar-refractivity contribution in [3.05, 3.63) is 42.3 Å². The van der Waals surface area contributed by atoms with Gasteiger partial charge >= 0.3 is 0 Å². The molecule has 2 aromatic heterocycles. The van der Waals surface area contributed by atoms with Crippen LogP contribution < -0.4 is 0 Å². The van der Waals surface area contributed by atoms with Crippen LogP contribution in [-0.2, 0) is 6.42 Å². The molecule has 0 saturated heterocycles. The van der Waals surface area contributed by atoms with Gasteiger partial charge in [0.05, 0.1) is 11.6 Å². The highest BCUT2D eigenvalue weighted by molar-refractivity contribution is 5.80. The number of aryl methyl sites for hydroxylation is 1. The Hall–Kier alpha value is -2.74. The van der Waals surface area contributed by atoms with Crippen LogP contribution in [-0.4, -0.2) is 15.1 Å². The van der Waals surface area contributed by atoms with Crippen LogP contribution in [0.4, 0.5) is 0 Å². The van der Waals surface area contributed by atoms with Gasteiger partial charge in [-0.25, -0.2) is 4.98 Å². The molecule has 19 heavy (non-hydrogen) atoms. The number of pyridine rings is 1. The summed E-state index contributed by atoms with van der Waals surface area (Å²) in [6, 6.07) is 13.7. The fourth-order valence-electron chi connectivity index (χ4n) is 1.81. The Morgan fingerprint density at radius 1 is 1.11 bits per heavy atom. The van der Waals surface area contributed by atoms with E-state index >= 15 is 0 Å². The predicted octanol–water partition coefficient (Wildman–Crippen LogP) is 2.74. The minimum atomic E-state index is 0.368. The Morgan fingerprint density at radius 3 is 2.89 bits per heavy atom. The molecule has 0 aliphatic heterocycles. The number of rotatable bonds is 3. The maximum Gasteiger partial charge on any atom is 0.228 e. The fourth-order valence-corrected chi connectivity index (χ4v) is 1.81. The molecule has 0 aliphatic rings. The van der Waals surface area contributed by atoms with E-state index in [1.165, 1.54) is 0 Å². The summed E-state index contributed by atoms with van der Waals surface area (Å²) in [6.07, 6.45) is 0.837. The molecule has 0 fully saturated rings. The number of aromatic nitrogens is 3. The van der Waals surface area contributed by atoms with Crippen molar-refractivity contribution in [2.75, 3.05) is 0 Å². The van der Waals surface area contributed by atoms with Gasteiger partial charge in [-0.05, 0) is 12.1 Å². The first kappa shape index (κ1) is 11.4. The molecule has 0 amide bonds. The van der Waals surface area contributed by atoms with Gasteiger partial charge in [-0.2, -0.15) is 10.2 Å². The van der Waals surface area contributed by atoms with Crippen LogP contribution in [0.2, 0.25) is 0 Å². The Labute approximate surface area is 109 Å². The quantitative estimate of drug-likeness (QED) is 0.714. The molecule has 92 valence electrons. The number of nitrogens with zero attached hydrogens (tertiary/aromatic N) is 4. The number of benzene rings is 1. The number of hydrogen-bond donors (Lipinski definition) is 0. The topological polar surface area (TPSA) is 75.6 Å². The number of para-hydroxylation sites is 1. The summed E-state index contributed by atoms with van der Waals surface area (Å²) in [5, 5.41) is 13.5. The zero-order chi connectivity index (χ0) is 13.1. The lowest BCUT2D eigenvalue weighted by molar-refractivity contribution is 0.380. The van der Waals surface area contributed by atoms with Crippen LogP contribution in [0.15, 0.2) is 40.9 Å². The second kappa shape index (κ2) is 4.86. The van der Waals surface area contributed by atoms with Gasteiger partial charge in [-0.3, -0.25) is 0 Å². The molecule has 1 aromatic carbocycles. The van der Waals surface area contributed by atoms with Crippen LogP contribution in [0.1, 0.15) is 12.3 Å². The fraction of sp³-hybridized carbons (Fsp3) is 0.143. The monoisotopic (exact) mass is 250 g/mol. The standard InChI is InChI=1S/C14H10N4O/c15-9-3-6-13-17-14(18-19-13)12-8-7-10-4-1-2-5-11(10)16-12/h1-2,4-5,7-8H,3,6H2. The van der Waals surface area contributed by atoms with Crippen LogP contribution >= 0.6 is 0 Å². The van der Waals surface area contributed by atoms with E-state index in [2.05, 4.69) is 15.1 Å². The smallest absolute Gasteiger partial charge is 0.228 e. The van der Waals surface area contributed by atoms with E-state index in [0.717, 1.165) is 10.9 Å². The molecule has 0 saturated carbocycles. The molecule has 2 heterocycles. The minimum Gasteiger partial charge on any atom is -0.339 e. The Morgan fingerprint density at radius 2 is 2.00 bits per heavy atom. The van der Waals surface area contributed by atoms with Gasteiger partial charge in [-0.15, -0.1) is 0 Å². The zero-order valence-corrected chi connectivity index (χ0v) is 10.1. The highest BCUT2D eigenvalue weighted by Gasteiger charge is 2.10. The van der Waals surface area contributed by atoms with Gasteiger partial charge in [0.1, 0.15) is 5.69 Å². The number of hydrogen-bond acceptors (Lipinski definition) is 5. The first-order valence-electron chi connectivity index (χ1n) is 5.92. The van der Waals surface area contributed by atoms with E-state index in [-0.39, 0.29) is 0 Å². The van der Waals surface area contributed by atoms with Crippen molar-refractivity contribution >= 4 is 10.9 Å². The van der Waals surface area contributed by atoms with Crippen LogP contribution in [0.3, 0.4) is 0 Å². The lowest BCUT2D eigenvalue weighted by Gasteiger charge is -1.98. The van der Waals surface area contributed by atoms with E-state index in [0.29, 0.717) is 30.3 Å². The van der Waals surface area contributed by atoms with Crippen molar-refractivity contribution in [2.45, 2.75) is 12.8 Å². The summed E-state index contributed by atoms with van der Waals surface area (Å²) in [6.45, 7) is 0. The third kappa shape index (κ3) is 2.29. The SMILES string of the molecule is N#CCCc1nc(-c2ccc3ccccc3n2)no1. The van der Waals surface area contributed by atoms with E-state index < -0.39 is 0 Å². The third-order valence-electron chi connectivity index (χ3n) is 2.75. The Balaban J connectivity index is 1.95. The van der Waals surface area contributed by atoms with E-state index in [9.17, 15) is 0 Å². The normalized spacial score (nSPS) is 10.5. The summed E-state index contributed by atoms with van der Waals surface area (Å²) in [5.41, 5.74) is 1.56. The summed E-state index contributed by atoms with van der Waals surface area (Å²) in [5.74, 6) is 0.921. The van der Waals surface area contributed by atoms with Crippen LogP contribution in [0.25, 0.3) is 22.4 Å². The molecule has 0 N–H and O–H groups in total. The summed E-state index contributed by atoms with van der Waals surface area (Å²) >= 11 is 0. The van der Waals surface area contributed by atoms with Crippen molar-refractivity contribution < 1.29 is 4.52 Å². The molecule has 0 spiro atoms. The average molecular weight is 250 g/mol. The summed E-state index contributed by atoms with van der Waals surface area (Å²) < 4.78 is 5.08. The first-order chi connectivity index (χ1) is 9.36. The molecular formula is C14H10N4O. The molecule has 0 atom stereocenters. The first-order valence-corrected chi connectivity index (χ1v) is 5.92. The second-order valence-corrected chi connectivity index (χ2v) is 4.06. The maximum atomic E-state index is 8.52. The summed E-state index contributed by atoms with van der Waals surface area (Å²) in [4.78, 5) is 8.72. The van der Waals surface area contributed by atoms with E-state index in [4.69, 9.17) is 9.78 Å². The van der Waals surface area contributed by atoms with Crippen molar-refractivity contribution in [3.63, 3.8) is 0 Å². The van der Waals surface area contributed by atoms with Crippen LogP contribution in [0, 0.1) is 11.3 Å². The lowest BCUT2D eigenvalue weighted by atomic mass is 10.2. The van der Waals surface area contributed by atoms with Crippen molar-refractivity contribution in [1.29, 1.82) is 5.26 Å². The molecule has 0 bridgehead atoms. The average Bonchev–Trinajstić information content (AvgIpc) is 2.93. The molecule has 0 radical (unpaired) electrons. The predicted molar refractivity (Wildman–Crippen MR) is 69.0 cm³/mol. The van der Waals surface area contributed by atoms with Gasteiger partial charge in [0, 0.05) is 18.2 Å². The number of nitriles is 1. The van der Waals surface area contributed by atoms with Crippen molar-refractivity contribution in [2.24, 2.45) is 0 Å². The summed E-state index contributed by atoms with van der Waals surface area (Å²) in [7, 11) is 0.